The molecule has 0 radical (unpaired) electrons. The van der Waals surface area contributed by atoms with Crippen molar-refractivity contribution in [2.75, 3.05) is 5.88 Å². The molecule has 18 heavy (non-hydrogen) atoms. The maximum Gasteiger partial charge on any atom is 0.120 e. The lowest BCUT2D eigenvalue weighted by atomic mass is 10.0. The first-order valence-corrected chi connectivity index (χ1v) is 6.58. The number of hydrogen-bond acceptors (Lipinski definition) is 3. The fourth-order valence-corrected chi connectivity index (χ4v) is 1.80. The van der Waals surface area contributed by atoms with Crippen molar-refractivity contribution in [3.05, 3.63) is 29.8 Å². The first-order valence-electron chi connectivity index (χ1n) is 6.04. The van der Waals surface area contributed by atoms with Gasteiger partial charge in [-0.1, -0.05) is 12.1 Å². The lowest BCUT2D eigenvalue weighted by Gasteiger charge is -2.22. The van der Waals surface area contributed by atoms with Crippen molar-refractivity contribution in [3.63, 3.8) is 0 Å². The van der Waals surface area contributed by atoms with Crippen LogP contribution in [0, 0.1) is 0 Å². The molecule has 0 fully saturated rings. The van der Waals surface area contributed by atoms with Crippen LogP contribution in [0.4, 0.5) is 0 Å². The summed E-state index contributed by atoms with van der Waals surface area (Å²) >= 11 is 5.53. The number of rotatable bonds is 5. The quantitative estimate of drug-likeness (QED) is 0.811. The van der Waals surface area contributed by atoms with Crippen molar-refractivity contribution in [3.8, 4) is 5.75 Å². The van der Waals surface area contributed by atoms with Gasteiger partial charge in [-0.3, -0.25) is 0 Å². The van der Waals surface area contributed by atoms with Crippen molar-refractivity contribution in [1.82, 2.24) is 0 Å². The molecular weight excluding hydrogens is 252 g/mol. The van der Waals surface area contributed by atoms with Gasteiger partial charge in [0.25, 0.3) is 0 Å². The highest BCUT2D eigenvalue weighted by atomic mass is 35.5. The summed E-state index contributed by atoms with van der Waals surface area (Å²) in [7, 11) is 0. The Hall–Kier alpha value is -0.770. The molecule has 0 aromatic heterocycles. The zero-order chi connectivity index (χ0) is 13.8. The Bertz CT molecular complexity index is 356. The predicted molar refractivity (Wildman–Crippen MR) is 73.1 cm³/mol. The molecule has 0 aliphatic carbocycles. The van der Waals surface area contributed by atoms with Gasteiger partial charge in [0.1, 0.15) is 17.5 Å². The minimum Gasteiger partial charge on any atom is -0.488 e. The molecule has 4 heteroatoms. The molecule has 102 valence electrons. The van der Waals surface area contributed by atoms with Crippen LogP contribution in [-0.4, -0.2) is 27.8 Å². The lowest BCUT2D eigenvalue weighted by Crippen LogP contribution is -2.23. The molecule has 0 heterocycles. The summed E-state index contributed by atoms with van der Waals surface area (Å²) in [6.45, 7) is 5.92. The van der Waals surface area contributed by atoms with E-state index in [9.17, 15) is 10.2 Å². The molecule has 1 aromatic rings. The molecule has 1 rings (SSSR count). The van der Waals surface area contributed by atoms with Crippen LogP contribution in [0.2, 0.25) is 0 Å². The fourth-order valence-electron chi connectivity index (χ4n) is 1.58. The van der Waals surface area contributed by atoms with Gasteiger partial charge in [-0.2, -0.15) is 0 Å². The molecule has 2 unspecified atom stereocenters. The second-order valence-corrected chi connectivity index (χ2v) is 5.65. The third kappa shape index (κ3) is 4.84. The lowest BCUT2D eigenvalue weighted by molar-refractivity contribution is 0.0169. The molecule has 0 saturated heterocycles. The second-order valence-electron chi connectivity index (χ2n) is 5.27. The first-order chi connectivity index (χ1) is 8.33. The summed E-state index contributed by atoms with van der Waals surface area (Å²) in [5.74, 6) is 1.06. The summed E-state index contributed by atoms with van der Waals surface area (Å²) in [5.41, 5.74) is 0.409. The van der Waals surface area contributed by atoms with E-state index in [1.807, 2.05) is 20.8 Å². The molecule has 3 nitrogen and oxygen atoms in total. The number of benzene rings is 1. The van der Waals surface area contributed by atoms with Crippen molar-refractivity contribution in [2.45, 2.75) is 45.0 Å². The first kappa shape index (κ1) is 15.3. The van der Waals surface area contributed by atoms with Gasteiger partial charge in [0.2, 0.25) is 0 Å². The molecule has 1 aromatic carbocycles. The highest BCUT2D eigenvalue weighted by molar-refractivity contribution is 6.17. The summed E-state index contributed by atoms with van der Waals surface area (Å²) in [4.78, 5) is 0. The number of aliphatic hydroxyl groups excluding tert-OH is 2. The Labute approximate surface area is 113 Å². The van der Waals surface area contributed by atoms with Crippen molar-refractivity contribution >= 4 is 11.6 Å². The summed E-state index contributed by atoms with van der Waals surface area (Å²) in [5, 5.41) is 19.6. The van der Waals surface area contributed by atoms with E-state index >= 15 is 0 Å². The Kier molecular flexibility index (Phi) is 5.45. The molecule has 0 saturated carbocycles. The number of aliphatic hydroxyl groups is 2. The molecular formula is C14H21ClO3. The largest absolute Gasteiger partial charge is 0.488 e. The highest BCUT2D eigenvalue weighted by Crippen LogP contribution is 2.24. The molecule has 2 atom stereocenters. The molecule has 0 bridgehead atoms. The summed E-state index contributed by atoms with van der Waals surface area (Å²) in [6.07, 6.45) is -1.38. The van der Waals surface area contributed by atoms with E-state index in [0.717, 1.165) is 5.75 Å². The van der Waals surface area contributed by atoms with Crippen LogP contribution in [0.25, 0.3) is 0 Å². The second kappa shape index (κ2) is 6.41. The maximum atomic E-state index is 9.89. The molecule has 0 aliphatic rings. The van der Waals surface area contributed by atoms with Crippen LogP contribution >= 0.6 is 11.6 Å². The van der Waals surface area contributed by atoms with Gasteiger partial charge in [0.05, 0.1) is 6.10 Å². The third-order valence-electron chi connectivity index (χ3n) is 2.41. The van der Waals surface area contributed by atoms with E-state index in [-0.39, 0.29) is 5.60 Å². The van der Waals surface area contributed by atoms with Crippen LogP contribution in [0.15, 0.2) is 24.3 Å². The fraction of sp³-hybridized carbons (Fsp3) is 0.571. The summed E-state index contributed by atoms with van der Waals surface area (Å²) < 4.78 is 5.68. The topological polar surface area (TPSA) is 49.7 Å². The van der Waals surface area contributed by atoms with Crippen LogP contribution in [-0.2, 0) is 0 Å². The standard InChI is InChI=1S/C14H21ClO3/c1-14(2,3)18-11-6-4-10(5-7-11)13(17)12(16)8-9-15/h4-7,12-13,16-17H,8-9H2,1-3H3. The highest BCUT2D eigenvalue weighted by Gasteiger charge is 2.18. The number of hydrogen-bond donors (Lipinski definition) is 2. The zero-order valence-corrected chi connectivity index (χ0v) is 11.8. The average Bonchev–Trinajstić information content (AvgIpc) is 2.27. The smallest absolute Gasteiger partial charge is 0.120 e. The Morgan fingerprint density at radius 2 is 1.72 bits per heavy atom. The van der Waals surface area contributed by atoms with Crippen molar-refractivity contribution in [1.29, 1.82) is 0 Å². The molecule has 2 N–H and O–H groups in total. The Balaban J connectivity index is 2.70. The summed E-state index contributed by atoms with van der Waals surface area (Å²) in [6, 6.07) is 7.08. The van der Waals surface area contributed by atoms with Gasteiger partial charge in [0.15, 0.2) is 0 Å². The monoisotopic (exact) mass is 272 g/mol. The molecule has 0 aliphatic heterocycles. The average molecular weight is 273 g/mol. The minimum atomic E-state index is -0.910. The van der Waals surface area contributed by atoms with Gasteiger partial charge >= 0.3 is 0 Å². The minimum absolute atomic E-state index is 0.252. The van der Waals surface area contributed by atoms with Crippen molar-refractivity contribution < 1.29 is 14.9 Å². The van der Waals surface area contributed by atoms with Crippen LogP contribution in [0.3, 0.4) is 0 Å². The van der Waals surface area contributed by atoms with E-state index in [2.05, 4.69) is 0 Å². The van der Waals surface area contributed by atoms with Gasteiger partial charge in [-0.05, 0) is 44.9 Å². The van der Waals surface area contributed by atoms with E-state index in [1.54, 1.807) is 24.3 Å². The van der Waals surface area contributed by atoms with Gasteiger partial charge < -0.3 is 14.9 Å². The van der Waals surface area contributed by atoms with E-state index in [1.165, 1.54) is 0 Å². The Morgan fingerprint density at radius 1 is 1.17 bits per heavy atom. The van der Waals surface area contributed by atoms with E-state index in [4.69, 9.17) is 16.3 Å². The maximum absolute atomic E-state index is 9.89. The van der Waals surface area contributed by atoms with Gasteiger partial charge in [-0.15, -0.1) is 11.6 Å². The molecule has 0 amide bonds. The van der Waals surface area contributed by atoms with Crippen LogP contribution < -0.4 is 4.74 Å². The van der Waals surface area contributed by atoms with Gasteiger partial charge in [-0.25, -0.2) is 0 Å². The predicted octanol–water partition coefficient (Wildman–Crippen LogP) is 2.89. The van der Waals surface area contributed by atoms with E-state index in [0.29, 0.717) is 17.9 Å². The van der Waals surface area contributed by atoms with Gasteiger partial charge in [0, 0.05) is 5.88 Å². The molecule has 0 spiro atoms. The SMILES string of the molecule is CC(C)(C)Oc1ccc(C(O)C(O)CCCl)cc1. The number of ether oxygens (including phenoxy) is 1. The van der Waals surface area contributed by atoms with Crippen LogP contribution in [0.1, 0.15) is 38.9 Å². The Morgan fingerprint density at radius 3 is 2.17 bits per heavy atom. The number of alkyl halides is 1. The normalized spacial score (nSPS) is 15.2. The van der Waals surface area contributed by atoms with E-state index < -0.39 is 12.2 Å². The third-order valence-corrected chi connectivity index (χ3v) is 2.63. The zero-order valence-electron chi connectivity index (χ0n) is 11.1. The van der Waals surface area contributed by atoms with Crippen molar-refractivity contribution in [2.24, 2.45) is 0 Å². The van der Waals surface area contributed by atoms with Crippen LogP contribution in [0.5, 0.6) is 5.75 Å². The number of halogens is 1.